The Balaban J connectivity index is 2.63. The third-order valence-corrected chi connectivity index (χ3v) is 2.72. The molecule has 0 aliphatic rings. The summed E-state index contributed by atoms with van der Waals surface area (Å²) in [7, 11) is 0. The molecule has 0 aliphatic carbocycles. The first kappa shape index (κ1) is 10.8. The second-order valence-corrected chi connectivity index (χ2v) is 3.76. The zero-order valence-electron chi connectivity index (χ0n) is 8.52. The van der Waals surface area contributed by atoms with Crippen LogP contribution in [0.25, 0.3) is 11.1 Å². The minimum Gasteiger partial charge on any atom is -0.508 e. The van der Waals surface area contributed by atoms with Crippen LogP contribution >= 0.6 is 11.6 Å². The number of hydrogen-bond donors (Lipinski definition) is 2. The first-order valence-electron chi connectivity index (χ1n) is 4.88. The molecule has 0 saturated carbocycles. The van der Waals surface area contributed by atoms with Gasteiger partial charge in [0.2, 0.25) is 0 Å². The molecule has 2 aromatic rings. The topological polar surface area (TPSA) is 40.5 Å². The maximum atomic E-state index is 9.75. The van der Waals surface area contributed by atoms with Gasteiger partial charge < -0.3 is 10.2 Å². The van der Waals surface area contributed by atoms with Gasteiger partial charge in [-0.05, 0) is 29.3 Å². The Hall–Kier alpha value is -1.67. The second kappa shape index (κ2) is 4.45. The van der Waals surface area contributed by atoms with Gasteiger partial charge in [-0.25, -0.2) is 0 Å². The van der Waals surface area contributed by atoms with Crippen molar-refractivity contribution in [3.05, 3.63) is 48.0 Å². The highest BCUT2D eigenvalue weighted by Crippen LogP contribution is 2.34. The van der Waals surface area contributed by atoms with E-state index >= 15 is 0 Å². The Labute approximate surface area is 98.7 Å². The lowest BCUT2D eigenvalue weighted by molar-refractivity contribution is 0.474. The molecule has 2 N–H and O–H groups in total. The first-order valence-corrected chi connectivity index (χ1v) is 5.42. The van der Waals surface area contributed by atoms with E-state index in [4.69, 9.17) is 11.6 Å². The van der Waals surface area contributed by atoms with Gasteiger partial charge in [-0.3, -0.25) is 0 Å². The summed E-state index contributed by atoms with van der Waals surface area (Å²) >= 11 is 5.82. The van der Waals surface area contributed by atoms with Gasteiger partial charge in [-0.1, -0.05) is 24.3 Å². The number of rotatable bonds is 2. The van der Waals surface area contributed by atoms with Gasteiger partial charge in [0.15, 0.2) is 0 Å². The van der Waals surface area contributed by atoms with Gasteiger partial charge in [0.05, 0.1) is 0 Å². The van der Waals surface area contributed by atoms with Crippen molar-refractivity contribution in [2.75, 3.05) is 0 Å². The molecular weight excluding hydrogens is 224 g/mol. The number of para-hydroxylation sites is 1. The highest BCUT2D eigenvalue weighted by atomic mass is 35.5. The van der Waals surface area contributed by atoms with Crippen molar-refractivity contribution in [1.29, 1.82) is 0 Å². The van der Waals surface area contributed by atoms with Crippen molar-refractivity contribution in [1.82, 2.24) is 0 Å². The van der Waals surface area contributed by atoms with E-state index in [1.54, 1.807) is 36.4 Å². The molecule has 0 aliphatic heterocycles. The molecule has 82 valence electrons. The van der Waals surface area contributed by atoms with E-state index in [9.17, 15) is 10.2 Å². The molecule has 0 atom stereocenters. The summed E-state index contributed by atoms with van der Waals surface area (Å²) in [4.78, 5) is 0. The molecule has 0 radical (unpaired) electrons. The number of benzene rings is 2. The number of phenolic OH excluding ortho intramolecular Hbond substituents is 2. The molecular formula is C13H11ClO2. The van der Waals surface area contributed by atoms with Crippen LogP contribution in [0, 0.1) is 0 Å². The number of alkyl halides is 1. The summed E-state index contributed by atoms with van der Waals surface area (Å²) < 4.78 is 0. The minimum atomic E-state index is 0.159. The van der Waals surface area contributed by atoms with Crippen LogP contribution in [0.15, 0.2) is 42.5 Å². The zero-order valence-corrected chi connectivity index (χ0v) is 9.28. The van der Waals surface area contributed by atoms with Crippen LogP contribution < -0.4 is 0 Å². The number of hydrogen-bond acceptors (Lipinski definition) is 2. The van der Waals surface area contributed by atoms with Gasteiger partial charge in [0.1, 0.15) is 11.5 Å². The fourth-order valence-electron chi connectivity index (χ4n) is 1.63. The largest absolute Gasteiger partial charge is 0.508 e. The molecule has 16 heavy (non-hydrogen) atoms. The van der Waals surface area contributed by atoms with Crippen LogP contribution in [0.1, 0.15) is 5.56 Å². The average Bonchev–Trinajstić information content (AvgIpc) is 2.29. The molecule has 0 bridgehead atoms. The van der Waals surface area contributed by atoms with E-state index in [0.29, 0.717) is 11.4 Å². The Bertz CT molecular complexity index is 509. The summed E-state index contributed by atoms with van der Waals surface area (Å²) in [6, 6.07) is 11.9. The highest BCUT2D eigenvalue weighted by molar-refractivity contribution is 6.17. The Morgan fingerprint density at radius 2 is 1.69 bits per heavy atom. The Morgan fingerprint density at radius 1 is 0.938 bits per heavy atom. The number of halogens is 1. The summed E-state index contributed by atoms with van der Waals surface area (Å²) in [5, 5.41) is 19.2. The fraction of sp³-hybridized carbons (Fsp3) is 0.0769. The van der Waals surface area contributed by atoms with Crippen molar-refractivity contribution in [3.8, 4) is 22.6 Å². The molecule has 0 fully saturated rings. The third kappa shape index (κ3) is 1.97. The standard InChI is InChI=1S/C13H11ClO2/c14-8-9-5-6-10(15)7-12(9)11-3-1-2-4-13(11)16/h1-7,15-16H,8H2. The van der Waals surface area contributed by atoms with Gasteiger partial charge in [-0.2, -0.15) is 0 Å². The second-order valence-electron chi connectivity index (χ2n) is 3.49. The highest BCUT2D eigenvalue weighted by Gasteiger charge is 2.08. The van der Waals surface area contributed by atoms with E-state index in [1.807, 2.05) is 6.07 Å². The molecule has 0 heterocycles. The van der Waals surface area contributed by atoms with Crippen LogP contribution in [-0.4, -0.2) is 10.2 Å². The van der Waals surface area contributed by atoms with Crippen LogP contribution in [0.3, 0.4) is 0 Å². The van der Waals surface area contributed by atoms with Crippen molar-refractivity contribution in [3.63, 3.8) is 0 Å². The monoisotopic (exact) mass is 234 g/mol. The van der Waals surface area contributed by atoms with E-state index in [1.165, 1.54) is 0 Å². The lowest BCUT2D eigenvalue weighted by Crippen LogP contribution is -1.86. The lowest BCUT2D eigenvalue weighted by Gasteiger charge is -2.09. The van der Waals surface area contributed by atoms with E-state index in [2.05, 4.69) is 0 Å². The molecule has 2 rings (SSSR count). The molecule has 0 spiro atoms. The van der Waals surface area contributed by atoms with Crippen LogP contribution in [-0.2, 0) is 5.88 Å². The van der Waals surface area contributed by atoms with Gasteiger partial charge in [0.25, 0.3) is 0 Å². The predicted octanol–water partition coefficient (Wildman–Crippen LogP) is 3.50. The maximum Gasteiger partial charge on any atom is 0.123 e. The normalized spacial score (nSPS) is 10.3. The fourth-order valence-corrected chi connectivity index (χ4v) is 1.87. The molecule has 0 saturated heterocycles. The average molecular weight is 235 g/mol. The van der Waals surface area contributed by atoms with Crippen molar-refractivity contribution in [2.45, 2.75) is 5.88 Å². The van der Waals surface area contributed by atoms with Crippen LogP contribution in [0.2, 0.25) is 0 Å². The van der Waals surface area contributed by atoms with Gasteiger partial charge in [-0.15, -0.1) is 11.6 Å². The molecule has 2 nitrogen and oxygen atoms in total. The van der Waals surface area contributed by atoms with Crippen molar-refractivity contribution < 1.29 is 10.2 Å². The smallest absolute Gasteiger partial charge is 0.123 e. The SMILES string of the molecule is Oc1ccc(CCl)c(-c2ccccc2O)c1. The summed E-state index contributed by atoms with van der Waals surface area (Å²) in [6.45, 7) is 0. The van der Waals surface area contributed by atoms with Crippen LogP contribution in [0.4, 0.5) is 0 Å². The Morgan fingerprint density at radius 3 is 2.38 bits per heavy atom. The summed E-state index contributed by atoms with van der Waals surface area (Å²) in [5.74, 6) is 0.677. The molecule has 2 aromatic carbocycles. The summed E-state index contributed by atoms with van der Waals surface area (Å²) in [6.07, 6.45) is 0. The van der Waals surface area contributed by atoms with Gasteiger partial charge >= 0.3 is 0 Å². The first-order chi connectivity index (χ1) is 7.72. The molecule has 0 aromatic heterocycles. The minimum absolute atomic E-state index is 0.159. The number of phenols is 2. The number of aromatic hydroxyl groups is 2. The maximum absolute atomic E-state index is 9.75. The molecule has 0 amide bonds. The van der Waals surface area contributed by atoms with E-state index in [-0.39, 0.29) is 11.5 Å². The molecule has 3 heteroatoms. The Kier molecular flexibility index (Phi) is 3.02. The quantitative estimate of drug-likeness (QED) is 0.781. The molecule has 0 unspecified atom stereocenters. The van der Waals surface area contributed by atoms with Gasteiger partial charge in [0, 0.05) is 11.4 Å². The van der Waals surface area contributed by atoms with Crippen molar-refractivity contribution in [2.24, 2.45) is 0 Å². The predicted molar refractivity (Wildman–Crippen MR) is 64.8 cm³/mol. The zero-order chi connectivity index (χ0) is 11.5. The lowest BCUT2D eigenvalue weighted by atomic mass is 9.99. The van der Waals surface area contributed by atoms with Crippen LogP contribution in [0.5, 0.6) is 11.5 Å². The van der Waals surface area contributed by atoms with Crippen molar-refractivity contribution >= 4 is 11.6 Å². The third-order valence-electron chi connectivity index (χ3n) is 2.43. The van der Waals surface area contributed by atoms with E-state index in [0.717, 1.165) is 11.1 Å². The summed E-state index contributed by atoms with van der Waals surface area (Å²) in [5.41, 5.74) is 2.31. The van der Waals surface area contributed by atoms with E-state index < -0.39 is 0 Å².